The molecule has 1 N–H and O–H groups in total. The van der Waals surface area contributed by atoms with Crippen molar-refractivity contribution in [2.45, 2.75) is 11.5 Å². The first kappa shape index (κ1) is 19.2. The third kappa shape index (κ3) is 4.78. The molecule has 0 radical (unpaired) electrons. The summed E-state index contributed by atoms with van der Waals surface area (Å²) in [6.07, 6.45) is 1.20. The lowest BCUT2D eigenvalue weighted by molar-refractivity contribution is 0.306. The summed E-state index contributed by atoms with van der Waals surface area (Å²) in [5.74, 6) is 0.691. The van der Waals surface area contributed by atoms with Crippen LogP contribution in [-0.2, 0) is 16.4 Å². The van der Waals surface area contributed by atoms with E-state index in [1.54, 1.807) is 48.5 Å². The minimum atomic E-state index is -3.86. The molecule has 0 fully saturated rings. The molecule has 0 aromatic heterocycles. The Morgan fingerprint density at radius 2 is 1.54 bits per heavy atom. The Morgan fingerprint density at radius 3 is 2.14 bits per heavy atom. The molecule has 0 atom stereocenters. The average Bonchev–Trinajstić information content (AvgIpc) is 2.75. The zero-order valence-corrected chi connectivity index (χ0v) is 15.8. The van der Waals surface area contributed by atoms with Crippen LogP contribution in [0.15, 0.2) is 101 Å². The summed E-state index contributed by atoms with van der Waals surface area (Å²) >= 11 is 0. The number of rotatable bonds is 7. The van der Waals surface area contributed by atoms with Crippen LogP contribution >= 0.6 is 0 Å². The van der Waals surface area contributed by atoms with Crippen molar-refractivity contribution in [3.63, 3.8) is 0 Å². The van der Waals surface area contributed by atoms with Crippen molar-refractivity contribution in [3.8, 4) is 11.8 Å². The summed E-state index contributed by atoms with van der Waals surface area (Å²) in [6, 6.07) is 26.5. The normalized spacial score (nSPS) is 11.5. The van der Waals surface area contributed by atoms with Gasteiger partial charge in [-0.1, -0.05) is 48.5 Å². The number of hydrogen-bond acceptors (Lipinski definition) is 5. The van der Waals surface area contributed by atoms with Gasteiger partial charge in [0, 0.05) is 11.9 Å². The number of benzene rings is 3. The Labute approximate surface area is 164 Å². The molecule has 140 valence electrons. The standard InChI is InChI=1S/C22H18N2O3S/c23-15-22(28(25,26)21-9-5-2-6-10-21)16-24-19-11-13-20(14-12-19)27-17-18-7-3-1-4-8-18/h1-14,16,24H,17H2/b22-16+. The van der Waals surface area contributed by atoms with E-state index in [4.69, 9.17) is 4.74 Å². The molecule has 0 unspecified atom stereocenters. The van der Waals surface area contributed by atoms with E-state index in [-0.39, 0.29) is 9.80 Å². The molecule has 0 aliphatic heterocycles. The van der Waals surface area contributed by atoms with Crippen LogP contribution in [0.4, 0.5) is 5.69 Å². The summed E-state index contributed by atoms with van der Waals surface area (Å²) in [5.41, 5.74) is 1.71. The van der Waals surface area contributed by atoms with Crippen LogP contribution in [0.1, 0.15) is 5.56 Å². The molecule has 28 heavy (non-hydrogen) atoms. The molecule has 3 aromatic rings. The van der Waals surface area contributed by atoms with Crippen molar-refractivity contribution in [1.29, 1.82) is 5.26 Å². The van der Waals surface area contributed by atoms with Gasteiger partial charge in [0.25, 0.3) is 0 Å². The van der Waals surface area contributed by atoms with Crippen molar-refractivity contribution < 1.29 is 13.2 Å². The Balaban J connectivity index is 1.67. The topological polar surface area (TPSA) is 79.2 Å². The van der Waals surface area contributed by atoms with Crippen LogP contribution in [0.25, 0.3) is 0 Å². The molecule has 0 saturated heterocycles. The molecule has 3 aromatic carbocycles. The fourth-order valence-electron chi connectivity index (χ4n) is 2.43. The number of ether oxygens (including phenoxy) is 1. The van der Waals surface area contributed by atoms with Crippen LogP contribution < -0.4 is 10.1 Å². The average molecular weight is 390 g/mol. The van der Waals surface area contributed by atoms with E-state index < -0.39 is 9.84 Å². The van der Waals surface area contributed by atoms with Gasteiger partial charge in [-0.15, -0.1) is 0 Å². The molecule has 0 spiro atoms. The largest absolute Gasteiger partial charge is 0.489 e. The van der Waals surface area contributed by atoms with E-state index in [2.05, 4.69) is 5.32 Å². The third-order valence-electron chi connectivity index (χ3n) is 3.93. The van der Waals surface area contributed by atoms with Gasteiger partial charge in [0.15, 0.2) is 4.91 Å². The second kappa shape index (κ2) is 8.89. The first-order valence-corrected chi connectivity index (χ1v) is 10.0. The fourth-order valence-corrected chi connectivity index (χ4v) is 3.54. The molecule has 0 heterocycles. The van der Waals surface area contributed by atoms with Gasteiger partial charge in [-0.2, -0.15) is 5.26 Å². The summed E-state index contributed by atoms with van der Waals surface area (Å²) in [5, 5.41) is 12.1. The number of nitrogens with zero attached hydrogens (tertiary/aromatic N) is 1. The van der Waals surface area contributed by atoms with E-state index in [0.717, 1.165) is 5.56 Å². The molecule has 0 aliphatic rings. The maximum atomic E-state index is 12.5. The second-order valence-corrected chi connectivity index (χ2v) is 7.80. The molecule has 0 amide bonds. The van der Waals surface area contributed by atoms with Crippen LogP contribution in [0.3, 0.4) is 0 Å². The highest BCUT2D eigenvalue weighted by atomic mass is 32.2. The van der Waals surface area contributed by atoms with E-state index in [0.29, 0.717) is 18.0 Å². The number of allylic oxidation sites excluding steroid dienone is 1. The summed E-state index contributed by atoms with van der Waals surface area (Å²) in [4.78, 5) is -0.280. The minimum Gasteiger partial charge on any atom is -0.489 e. The highest BCUT2D eigenvalue weighted by Gasteiger charge is 2.20. The third-order valence-corrected chi connectivity index (χ3v) is 5.61. The molecule has 5 nitrogen and oxygen atoms in total. The van der Waals surface area contributed by atoms with Crippen LogP contribution in [0, 0.1) is 11.3 Å². The molecule has 0 bridgehead atoms. The Morgan fingerprint density at radius 1 is 0.929 bits per heavy atom. The number of anilines is 1. The van der Waals surface area contributed by atoms with Gasteiger partial charge in [0.2, 0.25) is 9.84 Å². The zero-order valence-electron chi connectivity index (χ0n) is 14.9. The van der Waals surface area contributed by atoms with Crippen LogP contribution in [0.5, 0.6) is 5.75 Å². The van der Waals surface area contributed by atoms with E-state index in [1.165, 1.54) is 18.3 Å². The maximum absolute atomic E-state index is 12.5. The van der Waals surface area contributed by atoms with Gasteiger partial charge in [0.1, 0.15) is 18.4 Å². The minimum absolute atomic E-state index is 0.0780. The first-order valence-electron chi connectivity index (χ1n) is 8.53. The van der Waals surface area contributed by atoms with Crippen LogP contribution in [-0.4, -0.2) is 8.42 Å². The molecular weight excluding hydrogens is 372 g/mol. The Kier molecular flexibility index (Phi) is 6.10. The zero-order chi connectivity index (χ0) is 19.8. The number of nitriles is 1. The highest BCUT2D eigenvalue weighted by molar-refractivity contribution is 7.95. The fraction of sp³-hybridized carbons (Fsp3) is 0.0455. The molecule has 0 aliphatic carbocycles. The monoisotopic (exact) mass is 390 g/mol. The second-order valence-electron chi connectivity index (χ2n) is 5.88. The van der Waals surface area contributed by atoms with E-state index in [9.17, 15) is 13.7 Å². The predicted molar refractivity (Wildman–Crippen MR) is 108 cm³/mol. The van der Waals surface area contributed by atoms with Crippen molar-refractivity contribution in [2.24, 2.45) is 0 Å². The Hall–Kier alpha value is -3.56. The maximum Gasteiger partial charge on any atom is 0.218 e. The van der Waals surface area contributed by atoms with E-state index in [1.807, 2.05) is 30.3 Å². The lowest BCUT2D eigenvalue weighted by Crippen LogP contribution is -2.05. The van der Waals surface area contributed by atoms with Gasteiger partial charge in [0.05, 0.1) is 4.90 Å². The number of sulfone groups is 1. The van der Waals surface area contributed by atoms with Crippen molar-refractivity contribution in [1.82, 2.24) is 0 Å². The summed E-state index contributed by atoms with van der Waals surface area (Å²) < 4.78 is 30.7. The summed E-state index contributed by atoms with van der Waals surface area (Å²) in [7, 11) is -3.86. The quantitative estimate of drug-likeness (QED) is 0.600. The van der Waals surface area contributed by atoms with E-state index >= 15 is 0 Å². The van der Waals surface area contributed by atoms with Gasteiger partial charge in [-0.05, 0) is 42.0 Å². The van der Waals surface area contributed by atoms with Crippen molar-refractivity contribution in [2.75, 3.05) is 5.32 Å². The van der Waals surface area contributed by atoms with Gasteiger partial charge in [-0.3, -0.25) is 0 Å². The lowest BCUT2D eigenvalue weighted by Gasteiger charge is -2.08. The Bertz CT molecular complexity index is 1090. The summed E-state index contributed by atoms with van der Waals surface area (Å²) in [6.45, 7) is 0.460. The highest BCUT2D eigenvalue weighted by Crippen LogP contribution is 2.20. The van der Waals surface area contributed by atoms with Gasteiger partial charge < -0.3 is 10.1 Å². The van der Waals surface area contributed by atoms with Gasteiger partial charge >= 0.3 is 0 Å². The van der Waals surface area contributed by atoms with Crippen LogP contribution in [0.2, 0.25) is 0 Å². The molecule has 3 rings (SSSR count). The smallest absolute Gasteiger partial charge is 0.218 e. The van der Waals surface area contributed by atoms with Crippen molar-refractivity contribution >= 4 is 15.5 Å². The molecule has 0 saturated carbocycles. The van der Waals surface area contributed by atoms with Crippen molar-refractivity contribution in [3.05, 3.63) is 102 Å². The first-order chi connectivity index (χ1) is 13.6. The molecular formula is C22H18N2O3S. The number of hydrogen-bond donors (Lipinski definition) is 1. The SMILES string of the molecule is N#C/C(=C\Nc1ccc(OCc2ccccc2)cc1)S(=O)(=O)c1ccccc1. The lowest BCUT2D eigenvalue weighted by atomic mass is 10.2. The molecule has 6 heteroatoms. The predicted octanol–water partition coefficient (Wildman–Crippen LogP) is 4.52. The van der Waals surface area contributed by atoms with Gasteiger partial charge in [-0.25, -0.2) is 8.42 Å². The number of nitrogens with one attached hydrogen (secondary N) is 1.